The van der Waals surface area contributed by atoms with Crippen molar-refractivity contribution >= 4 is 14.5 Å². The molecule has 0 saturated heterocycles. The number of unbranched alkanes of at least 4 members (excludes halogenated alkanes) is 1. The van der Waals surface area contributed by atoms with Crippen LogP contribution in [0.5, 0.6) is 0 Å². The van der Waals surface area contributed by atoms with Crippen LogP contribution in [-0.2, 0) is 13.6 Å². The third kappa shape index (κ3) is 6.43. The molecule has 0 radical (unpaired) electrons. The molecule has 5 nitrogen and oxygen atoms in total. The van der Waals surface area contributed by atoms with E-state index in [0.29, 0.717) is 13.0 Å². The van der Waals surface area contributed by atoms with Gasteiger partial charge in [0, 0.05) is 17.2 Å². The van der Waals surface area contributed by atoms with Crippen molar-refractivity contribution in [3.63, 3.8) is 0 Å². The monoisotopic (exact) mass is 284 g/mol. The van der Waals surface area contributed by atoms with Gasteiger partial charge in [0.25, 0.3) is 0 Å². The quantitative estimate of drug-likeness (QED) is 0.244. The fraction of sp³-hybridized carbons (Fsp3) is 0.462. The molecule has 1 aromatic carbocycles. The zero-order chi connectivity index (χ0) is 13.9. The summed E-state index contributed by atoms with van der Waals surface area (Å²) >= 11 is 0. The van der Waals surface area contributed by atoms with E-state index in [2.05, 4.69) is 5.16 Å². The highest BCUT2D eigenvalue weighted by Crippen LogP contribution is 2.34. The first kappa shape index (κ1) is 15.8. The van der Waals surface area contributed by atoms with Crippen LogP contribution in [0.15, 0.2) is 35.5 Å². The molecule has 2 unspecified atom stereocenters. The highest BCUT2D eigenvalue weighted by molar-refractivity contribution is 7.33. The van der Waals surface area contributed by atoms with Gasteiger partial charge < -0.3 is 5.21 Å². The molecule has 1 rings (SSSR count). The fourth-order valence-electron chi connectivity index (χ4n) is 1.47. The summed E-state index contributed by atoms with van der Waals surface area (Å²) in [5.41, 5.74) is 0.866. The standard InChI is InChI=1S/C13H18NO4P/c1-2-3-11-17-19(16)18-13(9-10-14-15)12-7-5-4-6-8-12/h4-8,10,13H,2-3,9,11H2,1H3/p+1. The molecule has 1 N–H and O–H groups in total. The second kappa shape index (κ2) is 9.62. The number of benzene rings is 1. The van der Waals surface area contributed by atoms with E-state index >= 15 is 0 Å². The van der Waals surface area contributed by atoms with Crippen molar-refractivity contribution in [1.82, 2.24) is 0 Å². The van der Waals surface area contributed by atoms with E-state index in [0.717, 1.165) is 18.4 Å². The predicted molar refractivity (Wildman–Crippen MR) is 73.6 cm³/mol. The highest BCUT2D eigenvalue weighted by Gasteiger charge is 2.27. The summed E-state index contributed by atoms with van der Waals surface area (Å²) in [5, 5.41) is 11.4. The van der Waals surface area contributed by atoms with Crippen molar-refractivity contribution in [3.05, 3.63) is 35.9 Å². The molecule has 0 aliphatic carbocycles. The number of hydrogen-bond acceptors (Lipinski definition) is 5. The second-order valence-electron chi connectivity index (χ2n) is 3.95. The van der Waals surface area contributed by atoms with Gasteiger partial charge >= 0.3 is 8.25 Å². The maximum Gasteiger partial charge on any atom is 0.698 e. The molecule has 104 valence electrons. The Bertz CT molecular complexity index is 397. The van der Waals surface area contributed by atoms with Gasteiger partial charge in [-0.2, -0.15) is 0 Å². The summed E-state index contributed by atoms with van der Waals surface area (Å²) in [5.74, 6) is 0. The van der Waals surface area contributed by atoms with Crippen molar-refractivity contribution in [1.29, 1.82) is 0 Å². The maximum absolute atomic E-state index is 11.7. The first-order valence-corrected chi connectivity index (χ1v) is 7.35. The van der Waals surface area contributed by atoms with Crippen molar-refractivity contribution in [2.24, 2.45) is 5.16 Å². The van der Waals surface area contributed by atoms with Crippen LogP contribution < -0.4 is 0 Å². The molecule has 2 atom stereocenters. The van der Waals surface area contributed by atoms with Crippen molar-refractivity contribution in [2.75, 3.05) is 6.61 Å². The topological polar surface area (TPSA) is 68.1 Å². The van der Waals surface area contributed by atoms with Crippen LogP contribution >= 0.6 is 8.25 Å². The van der Waals surface area contributed by atoms with Gasteiger partial charge in [-0.05, 0) is 12.0 Å². The zero-order valence-corrected chi connectivity index (χ0v) is 11.8. The smallest absolute Gasteiger partial charge is 0.411 e. The molecule has 19 heavy (non-hydrogen) atoms. The fourth-order valence-corrected chi connectivity index (χ4v) is 2.22. The molecule has 6 heteroatoms. The van der Waals surface area contributed by atoms with Crippen LogP contribution in [0.25, 0.3) is 0 Å². The molecule has 0 bridgehead atoms. The van der Waals surface area contributed by atoms with E-state index in [-0.39, 0.29) is 0 Å². The Labute approximate surface area is 114 Å². The summed E-state index contributed by atoms with van der Waals surface area (Å²) in [6, 6.07) is 9.36. The molecule has 0 aliphatic rings. The normalized spacial score (nSPS) is 13.6. The number of nitrogens with zero attached hydrogens (tertiary/aromatic N) is 1. The summed E-state index contributed by atoms with van der Waals surface area (Å²) in [4.78, 5) is 0. The highest BCUT2D eigenvalue weighted by atomic mass is 31.1. The number of rotatable bonds is 9. The minimum absolute atomic E-state index is 0.332. The first-order valence-electron chi connectivity index (χ1n) is 6.25. The lowest BCUT2D eigenvalue weighted by molar-refractivity contribution is 0.168. The molecule has 0 aromatic heterocycles. The van der Waals surface area contributed by atoms with Crippen LogP contribution in [0.1, 0.15) is 37.9 Å². The van der Waals surface area contributed by atoms with Crippen LogP contribution in [-0.4, -0.2) is 18.0 Å². The van der Waals surface area contributed by atoms with Crippen LogP contribution in [0.3, 0.4) is 0 Å². The van der Waals surface area contributed by atoms with Gasteiger partial charge in [0.05, 0.1) is 0 Å². The summed E-state index contributed by atoms with van der Waals surface area (Å²) in [6.45, 7) is 2.45. The Morgan fingerprint density at radius 3 is 2.79 bits per heavy atom. The van der Waals surface area contributed by atoms with Gasteiger partial charge in [-0.15, -0.1) is 14.2 Å². The van der Waals surface area contributed by atoms with Crippen LogP contribution in [0.4, 0.5) is 0 Å². The number of oxime groups is 1. The molecule has 0 heterocycles. The average molecular weight is 284 g/mol. The molecular formula is C13H19NO4P+. The van der Waals surface area contributed by atoms with E-state index in [1.165, 1.54) is 6.21 Å². The average Bonchev–Trinajstić information content (AvgIpc) is 2.44. The van der Waals surface area contributed by atoms with Gasteiger partial charge in [-0.1, -0.05) is 43.7 Å². The molecule has 0 fully saturated rings. The van der Waals surface area contributed by atoms with Gasteiger partial charge in [0.15, 0.2) is 0 Å². The molecule has 0 aliphatic heterocycles. The van der Waals surface area contributed by atoms with Gasteiger partial charge in [0.1, 0.15) is 12.7 Å². The Kier molecular flexibility index (Phi) is 7.98. The van der Waals surface area contributed by atoms with Crippen molar-refractivity contribution in [3.8, 4) is 0 Å². The van der Waals surface area contributed by atoms with E-state index in [1.54, 1.807) is 0 Å². The lowest BCUT2D eigenvalue weighted by Crippen LogP contribution is -2.02. The largest absolute Gasteiger partial charge is 0.698 e. The second-order valence-corrected chi connectivity index (χ2v) is 4.87. The Balaban J connectivity index is 2.57. The van der Waals surface area contributed by atoms with E-state index in [4.69, 9.17) is 14.3 Å². The minimum Gasteiger partial charge on any atom is -0.411 e. The zero-order valence-electron chi connectivity index (χ0n) is 10.9. The Morgan fingerprint density at radius 1 is 1.42 bits per heavy atom. The van der Waals surface area contributed by atoms with E-state index in [9.17, 15) is 4.57 Å². The molecule has 0 amide bonds. The van der Waals surface area contributed by atoms with Gasteiger partial charge in [0.2, 0.25) is 0 Å². The third-order valence-electron chi connectivity index (χ3n) is 2.48. The molecule has 0 saturated carbocycles. The SMILES string of the molecule is CCCCO[P+](=O)OC(CC=NO)c1ccccc1. The predicted octanol–water partition coefficient (Wildman–Crippen LogP) is 4.07. The Morgan fingerprint density at radius 2 is 2.16 bits per heavy atom. The molecular weight excluding hydrogens is 265 g/mol. The summed E-state index contributed by atoms with van der Waals surface area (Å²) in [7, 11) is -2.17. The maximum atomic E-state index is 11.7. The minimum atomic E-state index is -2.17. The summed E-state index contributed by atoms with van der Waals surface area (Å²) in [6.07, 6.45) is 3.02. The lowest BCUT2D eigenvalue weighted by atomic mass is 10.1. The van der Waals surface area contributed by atoms with E-state index < -0.39 is 14.4 Å². The van der Waals surface area contributed by atoms with Crippen molar-refractivity contribution < 1.29 is 18.8 Å². The molecule has 0 spiro atoms. The third-order valence-corrected chi connectivity index (χ3v) is 3.30. The Hall–Kier alpha value is -1.29. The van der Waals surface area contributed by atoms with Gasteiger partial charge in [-0.25, -0.2) is 0 Å². The van der Waals surface area contributed by atoms with Crippen molar-refractivity contribution in [2.45, 2.75) is 32.3 Å². The first-order chi connectivity index (χ1) is 9.27. The van der Waals surface area contributed by atoms with Crippen LogP contribution in [0.2, 0.25) is 0 Å². The van der Waals surface area contributed by atoms with E-state index in [1.807, 2.05) is 37.3 Å². The summed E-state index contributed by atoms with van der Waals surface area (Å²) < 4.78 is 22.1. The lowest BCUT2D eigenvalue weighted by Gasteiger charge is -2.07. The number of hydrogen-bond donors (Lipinski definition) is 1. The van der Waals surface area contributed by atoms with Gasteiger partial charge in [-0.3, -0.25) is 0 Å². The van der Waals surface area contributed by atoms with Crippen LogP contribution in [0, 0.1) is 0 Å². The molecule has 1 aromatic rings.